The van der Waals surface area contributed by atoms with Gasteiger partial charge in [-0.15, -0.1) is 0 Å². The Labute approximate surface area is 122 Å². The third-order valence-electron chi connectivity index (χ3n) is 2.80. The van der Waals surface area contributed by atoms with Gasteiger partial charge in [-0.3, -0.25) is 4.68 Å². The van der Waals surface area contributed by atoms with Gasteiger partial charge in [0, 0.05) is 13.2 Å². The fourth-order valence-corrected chi connectivity index (χ4v) is 2.86. The minimum Gasteiger partial charge on any atom is -0.478 e. The Balaban J connectivity index is 1.98. The van der Waals surface area contributed by atoms with E-state index >= 15 is 0 Å². The molecule has 2 rings (SSSR count). The molecule has 8 heteroatoms. The molecule has 0 unspecified atom stereocenters. The summed E-state index contributed by atoms with van der Waals surface area (Å²) in [4.78, 5) is 10.7. The Morgan fingerprint density at radius 3 is 2.48 bits per heavy atom. The molecule has 0 atom stereocenters. The van der Waals surface area contributed by atoms with E-state index in [4.69, 9.17) is 5.11 Å². The molecule has 21 heavy (non-hydrogen) atoms. The van der Waals surface area contributed by atoms with E-state index < -0.39 is 16.0 Å². The predicted octanol–water partition coefficient (Wildman–Crippen LogP) is 0.738. The maximum atomic E-state index is 11.9. The maximum Gasteiger partial charge on any atom is 0.335 e. The number of hydrogen-bond acceptors (Lipinski definition) is 4. The first-order chi connectivity index (χ1) is 9.85. The third kappa shape index (κ3) is 4.40. The van der Waals surface area contributed by atoms with Crippen molar-refractivity contribution in [2.75, 3.05) is 0 Å². The first kappa shape index (κ1) is 15.2. The van der Waals surface area contributed by atoms with Gasteiger partial charge in [-0.2, -0.15) is 5.10 Å². The topological polar surface area (TPSA) is 101 Å². The minimum absolute atomic E-state index is 0.121. The molecule has 1 heterocycles. The van der Waals surface area contributed by atoms with Gasteiger partial charge in [0.1, 0.15) is 0 Å². The van der Waals surface area contributed by atoms with E-state index in [0.29, 0.717) is 11.3 Å². The molecule has 0 aliphatic carbocycles. The summed E-state index contributed by atoms with van der Waals surface area (Å²) >= 11 is 0. The lowest BCUT2D eigenvalue weighted by Gasteiger charge is -2.06. The van der Waals surface area contributed by atoms with E-state index in [1.54, 1.807) is 24.0 Å². The standard InChI is InChI=1S/C13H15N3O4S/c1-16-7-6-12(15-16)8-14-21(19,20)9-10-2-4-11(5-3-10)13(17)18/h2-7,14H,8-9H2,1H3,(H,17,18). The van der Waals surface area contributed by atoms with Crippen LogP contribution in [0.15, 0.2) is 36.5 Å². The molecule has 0 spiro atoms. The molecular formula is C13H15N3O4S. The second-order valence-electron chi connectivity index (χ2n) is 4.56. The number of aromatic nitrogens is 2. The summed E-state index contributed by atoms with van der Waals surface area (Å²) in [5.41, 5.74) is 1.27. The van der Waals surface area contributed by atoms with E-state index in [9.17, 15) is 13.2 Å². The molecule has 0 saturated heterocycles. The summed E-state index contributed by atoms with van der Waals surface area (Å²) in [7, 11) is -1.75. The number of carbonyl (C=O) groups is 1. The second-order valence-corrected chi connectivity index (χ2v) is 6.37. The van der Waals surface area contributed by atoms with E-state index in [0.717, 1.165) is 0 Å². The van der Waals surface area contributed by atoms with Crippen LogP contribution in [0.2, 0.25) is 0 Å². The zero-order chi connectivity index (χ0) is 15.5. The van der Waals surface area contributed by atoms with Crippen LogP contribution in [0.5, 0.6) is 0 Å². The average molecular weight is 309 g/mol. The van der Waals surface area contributed by atoms with Gasteiger partial charge in [0.2, 0.25) is 10.0 Å². The Kier molecular flexibility index (Phi) is 4.39. The van der Waals surface area contributed by atoms with Crippen molar-refractivity contribution >= 4 is 16.0 Å². The molecule has 0 amide bonds. The average Bonchev–Trinajstić information content (AvgIpc) is 2.83. The zero-order valence-electron chi connectivity index (χ0n) is 11.4. The molecule has 1 aromatic heterocycles. The summed E-state index contributed by atoms with van der Waals surface area (Å²) in [6.45, 7) is 0.121. The molecule has 2 N–H and O–H groups in total. The molecule has 0 saturated carbocycles. The minimum atomic E-state index is -3.50. The largest absolute Gasteiger partial charge is 0.478 e. The van der Waals surface area contributed by atoms with Gasteiger partial charge in [0.25, 0.3) is 0 Å². The highest BCUT2D eigenvalue weighted by Gasteiger charge is 2.12. The van der Waals surface area contributed by atoms with Crippen LogP contribution in [-0.2, 0) is 29.4 Å². The number of nitrogens with zero attached hydrogens (tertiary/aromatic N) is 2. The van der Waals surface area contributed by atoms with Crippen LogP contribution in [-0.4, -0.2) is 29.3 Å². The lowest BCUT2D eigenvalue weighted by molar-refractivity contribution is 0.0697. The molecule has 0 aliphatic heterocycles. The van der Waals surface area contributed by atoms with Gasteiger partial charge in [0.15, 0.2) is 0 Å². The maximum absolute atomic E-state index is 11.9. The van der Waals surface area contributed by atoms with Crippen LogP contribution in [0.25, 0.3) is 0 Å². The van der Waals surface area contributed by atoms with Crippen LogP contribution < -0.4 is 4.72 Å². The SMILES string of the molecule is Cn1ccc(CNS(=O)(=O)Cc2ccc(C(=O)O)cc2)n1. The fourth-order valence-electron chi connectivity index (χ4n) is 1.76. The van der Waals surface area contributed by atoms with Crippen LogP contribution in [0.1, 0.15) is 21.6 Å². The zero-order valence-corrected chi connectivity index (χ0v) is 12.2. The molecule has 0 radical (unpaired) electrons. The van der Waals surface area contributed by atoms with Gasteiger partial charge in [-0.1, -0.05) is 12.1 Å². The number of aryl methyl sites for hydroxylation is 1. The third-order valence-corrected chi connectivity index (χ3v) is 4.10. The van der Waals surface area contributed by atoms with Gasteiger partial charge in [0.05, 0.1) is 23.6 Å². The van der Waals surface area contributed by atoms with Crippen LogP contribution >= 0.6 is 0 Å². The highest BCUT2D eigenvalue weighted by molar-refractivity contribution is 7.88. The molecule has 7 nitrogen and oxygen atoms in total. The molecule has 1 aromatic carbocycles. The second kappa shape index (κ2) is 6.06. The van der Waals surface area contributed by atoms with Crippen molar-refractivity contribution in [3.05, 3.63) is 53.3 Å². The molecule has 0 aliphatic rings. The highest BCUT2D eigenvalue weighted by atomic mass is 32.2. The van der Waals surface area contributed by atoms with Crippen molar-refractivity contribution in [1.82, 2.24) is 14.5 Å². The highest BCUT2D eigenvalue weighted by Crippen LogP contribution is 2.08. The van der Waals surface area contributed by atoms with E-state index in [1.807, 2.05) is 0 Å². The fraction of sp³-hybridized carbons (Fsp3) is 0.231. The smallest absolute Gasteiger partial charge is 0.335 e. The monoisotopic (exact) mass is 309 g/mol. The number of hydrogen-bond donors (Lipinski definition) is 2. The number of rotatable bonds is 6. The van der Waals surface area contributed by atoms with Crippen LogP contribution in [0, 0.1) is 0 Å². The molecule has 0 fully saturated rings. The lowest BCUT2D eigenvalue weighted by Crippen LogP contribution is -2.25. The number of sulfonamides is 1. The molecule has 112 valence electrons. The first-order valence-electron chi connectivity index (χ1n) is 6.14. The molecular weight excluding hydrogens is 294 g/mol. The molecule has 2 aromatic rings. The van der Waals surface area contributed by atoms with Gasteiger partial charge in [-0.25, -0.2) is 17.9 Å². The normalized spacial score (nSPS) is 11.5. The Morgan fingerprint density at radius 1 is 1.29 bits per heavy atom. The van der Waals surface area contributed by atoms with Crippen molar-refractivity contribution in [3.63, 3.8) is 0 Å². The van der Waals surface area contributed by atoms with E-state index in [2.05, 4.69) is 9.82 Å². The summed E-state index contributed by atoms with van der Waals surface area (Å²) in [6.07, 6.45) is 1.73. The number of nitrogens with one attached hydrogen (secondary N) is 1. The summed E-state index contributed by atoms with van der Waals surface area (Å²) in [6, 6.07) is 7.47. The summed E-state index contributed by atoms with van der Waals surface area (Å²) in [5, 5.41) is 12.9. The Bertz CT molecular complexity index is 735. The Morgan fingerprint density at radius 2 is 1.95 bits per heavy atom. The summed E-state index contributed by atoms with van der Waals surface area (Å²) in [5.74, 6) is -1.25. The van der Waals surface area contributed by atoms with Crippen molar-refractivity contribution < 1.29 is 18.3 Å². The predicted molar refractivity (Wildman–Crippen MR) is 76.1 cm³/mol. The van der Waals surface area contributed by atoms with Gasteiger partial charge >= 0.3 is 5.97 Å². The molecule has 0 bridgehead atoms. The van der Waals surface area contributed by atoms with Crippen LogP contribution in [0.3, 0.4) is 0 Å². The van der Waals surface area contributed by atoms with E-state index in [-0.39, 0.29) is 17.9 Å². The first-order valence-corrected chi connectivity index (χ1v) is 7.79. The lowest BCUT2D eigenvalue weighted by atomic mass is 10.1. The number of aromatic carboxylic acids is 1. The number of carboxylic acid groups (broad SMARTS) is 1. The van der Waals surface area contributed by atoms with Crippen molar-refractivity contribution in [3.8, 4) is 0 Å². The van der Waals surface area contributed by atoms with Crippen molar-refractivity contribution in [1.29, 1.82) is 0 Å². The Hall–Kier alpha value is -2.19. The quantitative estimate of drug-likeness (QED) is 0.819. The number of carboxylic acids is 1. The summed E-state index contributed by atoms with van der Waals surface area (Å²) < 4.78 is 27.9. The number of benzene rings is 1. The van der Waals surface area contributed by atoms with Crippen LogP contribution in [0.4, 0.5) is 0 Å². The van der Waals surface area contributed by atoms with Crippen molar-refractivity contribution in [2.45, 2.75) is 12.3 Å². The van der Waals surface area contributed by atoms with Gasteiger partial charge in [-0.05, 0) is 23.8 Å². The van der Waals surface area contributed by atoms with Crippen molar-refractivity contribution in [2.24, 2.45) is 7.05 Å². The van der Waals surface area contributed by atoms with E-state index in [1.165, 1.54) is 24.3 Å². The van der Waals surface area contributed by atoms with Gasteiger partial charge < -0.3 is 5.11 Å².